The molecule has 1 aliphatic carbocycles. The van der Waals surface area contributed by atoms with Crippen molar-refractivity contribution in [3.05, 3.63) is 45.5 Å². The van der Waals surface area contributed by atoms with Crippen molar-refractivity contribution < 1.29 is 22.7 Å². The minimum atomic E-state index is -4.63. The molecular formula is C26H31F3N4O2S. The first kappa shape index (κ1) is 25.4. The zero-order chi connectivity index (χ0) is 25.3. The van der Waals surface area contributed by atoms with Crippen molar-refractivity contribution in [3.63, 3.8) is 0 Å². The van der Waals surface area contributed by atoms with Gasteiger partial charge in [0.25, 0.3) is 0 Å². The molecule has 0 spiro atoms. The molecular weight excluding hydrogens is 489 g/mol. The lowest BCUT2D eigenvalue weighted by Gasteiger charge is -2.31. The SMILES string of the molecule is Cn1cc2c(C(=O)CC3CCC(CCN4CCc5sc(COC(F)(F)F)nc5C4)CC3)cccc2n1. The molecule has 0 unspecified atom stereocenters. The average molecular weight is 521 g/mol. The molecule has 36 heavy (non-hydrogen) atoms. The van der Waals surface area contributed by atoms with E-state index in [1.165, 1.54) is 11.3 Å². The van der Waals surface area contributed by atoms with Crippen LogP contribution in [0.15, 0.2) is 24.4 Å². The van der Waals surface area contributed by atoms with Gasteiger partial charge in [-0.1, -0.05) is 25.0 Å². The predicted octanol–water partition coefficient (Wildman–Crippen LogP) is 5.89. The quantitative estimate of drug-likeness (QED) is 0.347. The molecule has 5 rings (SSSR count). The number of Topliss-reactive ketones (excluding diaryl/α,β-unsaturated/α-hetero) is 1. The fourth-order valence-corrected chi connectivity index (χ4v) is 6.55. The van der Waals surface area contributed by atoms with Crippen molar-refractivity contribution >= 4 is 28.0 Å². The summed E-state index contributed by atoms with van der Waals surface area (Å²) in [5.74, 6) is 1.31. The van der Waals surface area contributed by atoms with E-state index < -0.39 is 13.0 Å². The Bertz CT molecular complexity index is 1210. The van der Waals surface area contributed by atoms with E-state index in [9.17, 15) is 18.0 Å². The van der Waals surface area contributed by atoms with E-state index in [1.807, 2.05) is 31.4 Å². The Balaban J connectivity index is 1.06. The minimum absolute atomic E-state index is 0.212. The van der Waals surface area contributed by atoms with E-state index in [1.54, 1.807) is 4.68 Å². The Hall–Kier alpha value is -2.30. The molecule has 0 atom stereocenters. The van der Waals surface area contributed by atoms with Crippen LogP contribution >= 0.6 is 11.3 Å². The summed E-state index contributed by atoms with van der Waals surface area (Å²) in [6.45, 7) is 2.08. The van der Waals surface area contributed by atoms with Crippen LogP contribution in [0.4, 0.5) is 13.2 Å². The van der Waals surface area contributed by atoms with Gasteiger partial charge in [0.1, 0.15) is 11.6 Å². The average Bonchev–Trinajstić information content (AvgIpc) is 3.43. The van der Waals surface area contributed by atoms with Crippen molar-refractivity contribution in [2.45, 2.75) is 64.5 Å². The second-order valence-corrected chi connectivity index (χ2v) is 11.3. The predicted molar refractivity (Wildman–Crippen MR) is 132 cm³/mol. The van der Waals surface area contributed by atoms with Crippen LogP contribution in [0.25, 0.3) is 10.9 Å². The Labute approximate surface area is 212 Å². The number of hydrogen-bond donors (Lipinski definition) is 0. The molecule has 1 fully saturated rings. The van der Waals surface area contributed by atoms with Gasteiger partial charge in [-0.15, -0.1) is 24.5 Å². The minimum Gasteiger partial charge on any atom is -0.297 e. The fourth-order valence-electron chi connectivity index (χ4n) is 5.57. The van der Waals surface area contributed by atoms with Gasteiger partial charge in [-0.2, -0.15) is 5.10 Å². The Morgan fingerprint density at radius 2 is 1.97 bits per heavy atom. The Morgan fingerprint density at radius 1 is 1.19 bits per heavy atom. The van der Waals surface area contributed by atoms with Gasteiger partial charge in [0.2, 0.25) is 0 Å². The molecule has 0 bridgehead atoms. The van der Waals surface area contributed by atoms with E-state index in [0.717, 1.165) is 78.7 Å². The molecule has 0 amide bonds. The van der Waals surface area contributed by atoms with E-state index in [-0.39, 0.29) is 5.78 Å². The number of carbonyl (C=O) groups excluding carboxylic acids is 1. The van der Waals surface area contributed by atoms with Gasteiger partial charge in [0, 0.05) is 48.6 Å². The highest BCUT2D eigenvalue weighted by molar-refractivity contribution is 7.11. The molecule has 194 valence electrons. The molecule has 0 saturated heterocycles. The summed E-state index contributed by atoms with van der Waals surface area (Å²) < 4.78 is 42.6. The Kier molecular flexibility index (Phi) is 7.46. The molecule has 10 heteroatoms. The third-order valence-electron chi connectivity index (χ3n) is 7.47. The molecule has 3 aromatic rings. The number of aromatic nitrogens is 3. The second kappa shape index (κ2) is 10.6. The van der Waals surface area contributed by atoms with Crippen molar-refractivity contribution in [3.8, 4) is 0 Å². The summed E-state index contributed by atoms with van der Waals surface area (Å²) in [6.07, 6.45) is 4.28. The van der Waals surface area contributed by atoms with Crippen molar-refractivity contribution in [2.24, 2.45) is 18.9 Å². The third-order valence-corrected chi connectivity index (χ3v) is 8.60. The number of carbonyl (C=O) groups is 1. The number of nitrogens with zero attached hydrogens (tertiary/aromatic N) is 4. The maximum Gasteiger partial charge on any atom is 0.522 e. The summed E-state index contributed by atoms with van der Waals surface area (Å²) in [5.41, 5.74) is 2.54. The molecule has 1 aromatic carbocycles. The normalized spacial score (nSPS) is 21.1. The highest BCUT2D eigenvalue weighted by Gasteiger charge is 2.30. The number of ether oxygens (including phenoxy) is 1. The number of rotatable bonds is 8. The van der Waals surface area contributed by atoms with Gasteiger partial charge in [-0.3, -0.25) is 19.1 Å². The highest BCUT2D eigenvalue weighted by Crippen LogP contribution is 2.35. The summed E-state index contributed by atoms with van der Waals surface area (Å²) in [4.78, 5) is 20.9. The largest absolute Gasteiger partial charge is 0.522 e. The van der Waals surface area contributed by atoms with Gasteiger partial charge in [-0.25, -0.2) is 4.98 Å². The standard InChI is InChI=1S/C26H31F3N4O2S/c1-32-14-20-19(3-2-4-21(20)31-32)23(34)13-18-7-5-17(6-8-18)9-11-33-12-10-24-22(15-33)30-25(36-24)16-35-26(27,28)29/h2-4,14,17-18H,5-13,15-16H2,1H3. The van der Waals surface area contributed by atoms with Crippen molar-refractivity contribution in [1.82, 2.24) is 19.7 Å². The number of thiazole rings is 1. The van der Waals surface area contributed by atoms with E-state index in [0.29, 0.717) is 29.8 Å². The van der Waals surface area contributed by atoms with Gasteiger partial charge in [0.15, 0.2) is 5.78 Å². The number of aryl methyl sites for hydroxylation is 1. The van der Waals surface area contributed by atoms with Crippen molar-refractivity contribution in [2.75, 3.05) is 13.1 Å². The second-order valence-electron chi connectivity index (χ2n) is 10.1. The molecule has 2 aliphatic rings. The summed E-state index contributed by atoms with van der Waals surface area (Å²) >= 11 is 1.33. The number of benzene rings is 1. The summed E-state index contributed by atoms with van der Waals surface area (Å²) in [7, 11) is 1.88. The van der Waals surface area contributed by atoms with Gasteiger partial charge >= 0.3 is 6.36 Å². The topological polar surface area (TPSA) is 60.2 Å². The molecule has 0 N–H and O–H groups in total. The highest BCUT2D eigenvalue weighted by atomic mass is 32.1. The lowest BCUT2D eigenvalue weighted by molar-refractivity contribution is -0.330. The van der Waals surface area contributed by atoms with Crippen LogP contribution in [0.2, 0.25) is 0 Å². The van der Waals surface area contributed by atoms with E-state index in [2.05, 4.69) is 19.7 Å². The molecule has 1 saturated carbocycles. The number of halogens is 3. The van der Waals surface area contributed by atoms with Crippen LogP contribution in [-0.2, 0) is 31.4 Å². The number of fused-ring (bicyclic) bond motifs is 2. The van der Waals surface area contributed by atoms with E-state index >= 15 is 0 Å². The fraction of sp³-hybridized carbons (Fsp3) is 0.577. The number of ketones is 1. The maximum absolute atomic E-state index is 13.0. The first-order chi connectivity index (χ1) is 17.2. The monoisotopic (exact) mass is 520 g/mol. The zero-order valence-electron chi connectivity index (χ0n) is 20.4. The van der Waals surface area contributed by atoms with Crippen LogP contribution in [-0.4, -0.2) is 44.9 Å². The molecule has 1 aliphatic heterocycles. The van der Waals surface area contributed by atoms with Crippen molar-refractivity contribution in [1.29, 1.82) is 0 Å². The molecule has 0 radical (unpaired) electrons. The lowest BCUT2D eigenvalue weighted by Crippen LogP contribution is -2.32. The van der Waals surface area contributed by atoms with Crippen LogP contribution in [0.5, 0.6) is 0 Å². The van der Waals surface area contributed by atoms with Gasteiger partial charge in [0.05, 0.1) is 11.2 Å². The maximum atomic E-state index is 13.0. The molecule has 3 heterocycles. The third kappa shape index (κ3) is 6.15. The molecule has 6 nitrogen and oxygen atoms in total. The Morgan fingerprint density at radius 3 is 2.75 bits per heavy atom. The smallest absolute Gasteiger partial charge is 0.297 e. The summed E-state index contributed by atoms with van der Waals surface area (Å²) in [5, 5.41) is 5.74. The van der Waals surface area contributed by atoms with Gasteiger partial charge < -0.3 is 0 Å². The summed E-state index contributed by atoms with van der Waals surface area (Å²) in [6, 6.07) is 5.76. The van der Waals surface area contributed by atoms with Crippen LogP contribution in [0.3, 0.4) is 0 Å². The number of alkyl halides is 3. The van der Waals surface area contributed by atoms with Gasteiger partial charge in [-0.05, 0) is 50.1 Å². The zero-order valence-corrected chi connectivity index (χ0v) is 21.2. The lowest BCUT2D eigenvalue weighted by atomic mass is 9.78. The van der Waals surface area contributed by atoms with Crippen LogP contribution in [0.1, 0.15) is 64.5 Å². The van der Waals surface area contributed by atoms with Crippen LogP contribution < -0.4 is 0 Å². The first-order valence-corrected chi connectivity index (χ1v) is 13.4. The van der Waals surface area contributed by atoms with E-state index in [4.69, 9.17) is 0 Å². The first-order valence-electron chi connectivity index (χ1n) is 12.6. The van der Waals surface area contributed by atoms with Crippen LogP contribution in [0, 0.1) is 11.8 Å². The molecule has 2 aromatic heterocycles. The number of hydrogen-bond acceptors (Lipinski definition) is 6.